The lowest BCUT2D eigenvalue weighted by molar-refractivity contribution is -0.122. The van der Waals surface area contributed by atoms with Crippen LogP contribution in [0.2, 0.25) is 0 Å². The van der Waals surface area contributed by atoms with Crippen LogP contribution in [0.1, 0.15) is 33.6 Å². The number of nitrogens with one attached hydrogen (secondary N) is 3. The van der Waals surface area contributed by atoms with E-state index in [9.17, 15) is 9.59 Å². The zero-order valence-corrected chi connectivity index (χ0v) is 12.4. The molecule has 0 bridgehead atoms. The lowest BCUT2D eigenvalue weighted by Gasteiger charge is -2.08. The maximum Gasteiger partial charge on any atom is 0.221 e. The lowest BCUT2D eigenvalue weighted by atomic mass is 10.1. The molecular weight excluding hydrogens is 254 g/mol. The van der Waals surface area contributed by atoms with Crippen molar-refractivity contribution < 1.29 is 9.59 Å². The predicted molar refractivity (Wildman–Crippen MR) is 75.9 cm³/mol. The molecule has 2 amide bonds. The van der Waals surface area contributed by atoms with Gasteiger partial charge in [-0.2, -0.15) is 0 Å². The molecule has 0 aliphatic rings. The molecule has 0 aromatic rings. The van der Waals surface area contributed by atoms with Crippen LogP contribution in [0, 0.1) is 5.92 Å². The van der Waals surface area contributed by atoms with Gasteiger partial charge in [0, 0.05) is 32.5 Å². The third-order valence-electron chi connectivity index (χ3n) is 2.14. The molecule has 0 heterocycles. The van der Waals surface area contributed by atoms with E-state index in [-0.39, 0.29) is 24.2 Å². The summed E-state index contributed by atoms with van der Waals surface area (Å²) < 4.78 is 0. The van der Waals surface area contributed by atoms with Crippen molar-refractivity contribution in [1.29, 1.82) is 0 Å². The van der Waals surface area contributed by atoms with Gasteiger partial charge in [-0.1, -0.05) is 20.8 Å². The van der Waals surface area contributed by atoms with E-state index in [2.05, 4.69) is 16.0 Å². The molecule has 0 unspecified atom stereocenters. The molecule has 0 aliphatic heterocycles. The molecule has 0 radical (unpaired) electrons. The summed E-state index contributed by atoms with van der Waals surface area (Å²) in [5.41, 5.74) is 0. The minimum atomic E-state index is -0.0206. The van der Waals surface area contributed by atoms with E-state index < -0.39 is 0 Å². The summed E-state index contributed by atoms with van der Waals surface area (Å²) >= 11 is 0. The van der Waals surface area contributed by atoms with Crippen molar-refractivity contribution in [3.8, 4) is 0 Å². The van der Waals surface area contributed by atoms with Crippen LogP contribution in [0.3, 0.4) is 0 Å². The summed E-state index contributed by atoms with van der Waals surface area (Å²) in [6, 6.07) is 0. The predicted octanol–water partition coefficient (Wildman–Crippen LogP) is 0.686. The van der Waals surface area contributed by atoms with E-state index in [4.69, 9.17) is 0 Å². The van der Waals surface area contributed by atoms with Gasteiger partial charge >= 0.3 is 0 Å². The number of hydrogen-bond acceptors (Lipinski definition) is 3. The second-order valence-corrected chi connectivity index (χ2v) is 4.40. The van der Waals surface area contributed by atoms with Crippen molar-refractivity contribution in [2.45, 2.75) is 33.6 Å². The van der Waals surface area contributed by atoms with Crippen molar-refractivity contribution in [2.75, 3.05) is 26.2 Å². The molecule has 0 atom stereocenters. The molecule has 0 saturated carbocycles. The second-order valence-electron chi connectivity index (χ2n) is 4.40. The molecule has 0 spiro atoms. The van der Waals surface area contributed by atoms with Gasteiger partial charge in [0.05, 0.1) is 0 Å². The van der Waals surface area contributed by atoms with E-state index in [1.54, 1.807) is 0 Å². The monoisotopic (exact) mass is 279 g/mol. The van der Waals surface area contributed by atoms with Gasteiger partial charge in [0.1, 0.15) is 0 Å². The van der Waals surface area contributed by atoms with Crippen molar-refractivity contribution in [2.24, 2.45) is 5.92 Å². The van der Waals surface area contributed by atoms with Crippen LogP contribution in [-0.2, 0) is 9.59 Å². The summed E-state index contributed by atoms with van der Waals surface area (Å²) in [4.78, 5) is 22.6. The number of hydrogen-bond donors (Lipinski definition) is 3. The third-order valence-corrected chi connectivity index (χ3v) is 2.14. The third kappa shape index (κ3) is 13.3. The Morgan fingerprint density at radius 2 is 1.61 bits per heavy atom. The molecular formula is C12H26ClN3O2. The van der Waals surface area contributed by atoms with Crippen molar-refractivity contribution in [3.05, 3.63) is 0 Å². The fourth-order valence-corrected chi connectivity index (χ4v) is 1.31. The number of likely N-dealkylation sites (N-methyl/N-ethyl adjacent to an activating group) is 1. The largest absolute Gasteiger partial charge is 0.356 e. The topological polar surface area (TPSA) is 70.2 Å². The van der Waals surface area contributed by atoms with Crippen LogP contribution in [0.5, 0.6) is 0 Å². The Kier molecular flexibility index (Phi) is 13.7. The standard InChI is InChI=1S/C12H25N3O2.ClH/c1-4-13-7-8-15-11(16)5-6-14-12(17)9-10(2)3;/h10,13H,4-9H2,1-3H3,(H,14,17)(H,15,16);1H. The normalized spacial score (nSPS) is 9.78. The number of amides is 2. The Balaban J connectivity index is 0. The lowest BCUT2D eigenvalue weighted by Crippen LogP contribution is -2.34. The average molecular weight is 280 g/mol. The highest BCUT2D eigenvalue weighted by molar-refractivity contribution is 5.85. The molecule has 0 aliphatic carbocycles. The van der Waals surface area contributed by atoms with Crippen LogP contribution in [0.4, 0.5) is 0 Å². The zero-order valence-electron chi connectivity index (χ0n) is 11.5. The van der Waals surface area contributed by atoms with Crippen molar-refractivity contribution >= 4 is 24.2 Å². The Morgan fingerprint density at radius 3 is 2.17 bits per heavy atom. The first-order chi connectivity index (χ1) is 8.06. The van der Waals surface area contributed by atoms with Gasteiger partial charge in [-0.3, -0.25) is 9.59 Å². The van der Waals surface area contributed by atoms with Gasteiger partial charge in [0.15, 0.2) is 0 Å². The van der Waals surface area contributed by atoms with Crippen LogP contribution in [0.15, 0.2) is 0 Å². The van der Waals surface area contributed by atoms with Crippen LogP contribution >= 0.6 is 12.4 Å². The quantitative estimate of drug-likeness (QED) is 0.544. The summed E-state index contributed by atoms with van der Waals surface area (Å²) in [6.07, 6.45) is 0.859. The minimum Gasteiger partial charge on any atom is -0.356 e. The molecule has 0 saturated heterocycles. The van der Waals surface area contributed by atoms with E-state index in [1.165, 1.54) is 0 Å². The molecule has 0 aromatic carbocycles. The average Bonchev–Trinajstić information content (AvgIpc) is 2.23. The number of rotatable bonds is 9. The van der Waals surface area contributed by atoms with Gasteiger partial charge in [-0.15, -0.1) is 12.4 Å². The maximum atomic E-state index is 11.3. The summed E-state index contributed by atoms with van der Waals surface area (Å²) in [5, 5.41) is 8.63. The maximum absolute atomic E-state index is 11.3. The zero-order chi connectivity index (χ0) is 13.1. The fraction of sp³-hybridized carbons (Fsp3) is 0.833. The first-order valence-electron chi connectivity index (χ1n) is 6.30. The Hall–Kier alpha value is -0.810. The van der Waals surface area contributed by atoms with Crippen LogP contribution in [0.25, 0.3) is 0 Å². The van der Waals surface area contributed by atoms with Gasteiger partial charge < -0.3 is 16.0 Å². The smallest absolute Gasteiger partial charge is 0.221 e. The molecule has 0 fully saturated rings. The highest BCUT2D eigenvalue weighted by Crippen LogP contribution is 1.97. The molecule has 3 N–H and O–H groups in total. The van der Waals surface area contributed by atoms with E-state index in [0.29, 0.717) is 31.8 Å². The first-order valence-corrected chi connectivity index (χ1v) is 6.30. The highest BCUT2D eigenvalue weighted by Gasteiger charge is 2.05. The van der Waals surface area contributed by atoms with Crippen molar-refractivity contribution in [1.82, 2.24) is 16.0 Å². The van der Waals surface area contributed by atoms with Crippen molar-refractivity contribution in [3.63, 3.8) is 0 Å². The van der Waals surface area contributed by atoms with Gasteiger partial charge in [-0.25, -0.2) is 0 Å². The van der Waals surface area contributed by atoms with E-state index in [0.717, 1.165) is 13.1 Å². The summed E-state index contributed by atoms with van der Waals surface area (Å²) in [6.45, 7) is 8.74. The van der Waals surface area contributed by atoms with Gasteiger partial charge in [0.2, 0.25) is 11.8 Å². The Labute approximate surface area is 116 Å². The number of halogens is 1. The Bertz CT molecular complexity index is 235. The second kappa shape index (κ2) is 12.6. The summed E-state index contributed by atoms with van der Waals surface area (Å²) in [7, 11) is 0. The van der Waals surface area contributed by atoms with E-state index in [1.807, 2.05) is 20.8 Å². The number of carbonyl (C=O) groups excluding carboxylic acids is 2. The summed E-state index contributed by atoms with van der Waals surface area (Å²) in [5.74, 6) is 0.345. The molecule has 18 heavy (non-hydrogen) atoms. The van der Waals surface area contributed by atoms with E-state index >= 15 is 0 Å². The fourth-order valence-electron chi connectivity index (χ4n) is 1.31. The molecule has 0 aromatic heterocycles. The van der Waals surface area contributed by atoms with Gasteiger partial charge in [0.25, 0.3) is 0 Å². The Morgan fingerprint density at radius 1 is 1.00 bits per heavy atom. The molecule has 0 rings (SSSR count). The SMILES string of the molecule is CCNCCNC(=O)CCNC(=O)CC(C)C.Cl. The van der Waals surface area contributed by atoms with Crippen LogP contribution in [-0.4, -0.2) is 38.0 Å². The van der Waals surface area contributed by atoms with Gasteiger partial charge in [-0.05, 0) is 12.5 Å². The highest BCUT2D eigenvalue weighted by atomic mass is 35.5. The molecule has 5 nitrogen and oxygen atoms in total. The van der Waals surface area contributed by atoms with Crippen LogP contribution < -0.4 is 16.0 Å². The molecule has 108 valence electrons. The minimum absolute atomic E-state index is 0. The molecule has 6 heteroatoms. The number of carbonyl (C=O) groups is 2. The first kappa shape index (κ1) is 19.5.